The van der Waals surface area contributed by atoms with Crippen molar-refractivity contribution in [1.29, 1.82) is 0 Å². The predicted molar refractivity (Wildman–Crippen MR) is 97.6 cm³/mol. The molecule has 0 fully saturated rings. The van der Waals surface area contributed by atoms with Crippen LogP contribution in [0.15, 0.2) is 12.1 Å². The van der Waals surface area contributed by atoms with Crippen molar-refractivity contribution < 1.29 is 13.6 Å². The van der Waals surface area contributed by atoms with Gasteiger partial charge >= 0.3 is 7.60 Å². The van der Waals surface area contributed by atoms with Crippen LogP contribution < -0.4 is 0 Å². The highest BCUT2D eigenvalue weighted by molar-refractivity contribution is 7.53. The van der Waals surface area contributed by atoms with E-state index in [2.05, 4.69) is 37.8 Å². The summed E-state index contributed by atoms with van der Waals surface area (Å²) in [5.41, 5.74) is 3.70. The van der Waals surface area contributed by atoms with E-state index >= 15 is 0 Å². The molecule has 24 heavy (non-hydrogen) atoms. The van der Waals surface area contributed by atoms with Crippen LogP contribution in [-0.4, -0.2) is 42.3 Å². The molecule has 0 bridgehead atoms. The molecule has 5 nitrogen and oxygen atoms in total. The molecule has 0 N–H and O–H groups in total. The minimum absolute atomic E-state index is 0.0772. The summed E-state index contributed by atoms with van der Waals surface area (Å²) in [4.78, 5) is 7.17. The zero-order chi connectivity index (χ0) is 17.8. The third-order valence-electron chi connectivity index (χ3n) is 4.24. The monoisotopic (exact) mass is 354 g/mol. The molecule has 0 aromatic carbocycles. The van der Waals surface area contributed by atoms with Crippen molar-refractivity contribution in [1.82, 2.24) is 9.88 Å². The summed E-state index contributed by atoms with van der Waals surface area (Å²) in [6, 6.07) is 4.33. The number of pyridine rings is 1. The molecule has 0 saturated carbocycles. The second kappa shape index (κ2) is 8.09. The lowest BCUT2D eigenvalue weighted by molar-refractivity contribution is 0.208. The molecular formula is C18H31N2O3P. The molecule has 1 aliphatic heterocycles. The van der Waals surface area contributed by atoms with Gasteiger partial charge in [-0.2, -0.15) is 0 Å². The van der Waals surface area contributed by atoms with Gasteiger partial charge in [-0.05, 0) is 25.5 Å². The van der Waals surface area contributed by atoms with E-state index in [1.54, 1.807) is 0 Å². The zero-order valence-corrected chi connectivity index (χ0v) is 16.6. The van der Waals surface area contributed by atoms with Gasteiger partial charge in [0.2, 0.25) is 0 Å². The van der Waals surface area contributed by atoms with Gasteiger partial charge in [0.05, 0.1) is 19.4 Å². The van der Waals surface area contributed by atoms with Crippen LogP contribution in [0, 0.1) is 0 Å². The van der Waals surface area contributed by atoms with Crippen LogP contribution in [0.2, 0.25) is 0 Å². The molecule has 0 aliphatic carbocycles. The van der Waals surface area contributed by atoms with E-state index in [9.17, 15) is 4.57 Å². The van der Waals surface area contributed by atoms with Crippen molar-refractivity contribution in [3.8, 4) is 0 Å². The Morgan fingerprint density at radius 2 is 1.88 bits per heavy atom. The Kier molecular flexibility index (Phi) is 6.60. The van der Waals surface area contributed by atoms with Crippen LogP contribution in [-0.2, 0) is 32.0 Å². The minimum atomic E-state index is -2.96. The quantitative estimate of drug-likeness (QED) is 0.693. The van der Waals surface area contributed by atoms with E-state index < -0.39 is 7.60 Å². The topological polar surface area (TPSA) is 51.7 Å². The maximum Gasteiger partial charge on any atom is 0.331 e. The molecule has 0 saturated heterocycles. The molecule has 0 spiro atoms. The van der Waals surface area contributed by atoms with Crippen molar-refractivity contribution in [3.63, 3.8) is 0 Å². The molecular weight excluding hydrogens is 323 g/mol. The molecule has 6 heteroatoms. The summed E-state index contributed by atoms with van der Waals surface area (Å²) in [5.74, 6) is 0. The maximum absolute atomic E-state index is 12.6. The molecule has 1 aromatic heterocycles. The van der Waals surface area contributed by atoms with Crippen LogP contribution in [0.3, 0.4) is 0 Å². The molecule has 1 aliphatic rings. The van der Waals surface area contributed by atoms with E-state index in [1.807, 2.05) is 13.8 Å². The first-order valence-corrected chi connectivity index (χ1v) is 10.6. The van der Waals surface area contributed by atoms with Crippen LogP contribution >= 0.6 is 7.60 Å². The summed E-state index contributed by atoms with van der Waals surface area (Å²) in [6.07, 6.45) is 1.38. The molecule has 1 aromatic rings. The van der Waals surface area contributed by atoms with Crippen molar-refractivity contribution in [2.24, 2.45) is 0 Å². The second-order valence-corrected chi connectivity index (χ2v) is 9.43. The first-order valence-electron chi connectivity index (χ1n) is 8.87. The molecule has 2 heterocycles. The van der Waals surface area contributed by atoms with Crippen molar-refractivity contribution >= 4 is 7.60 Å². The number of nitrogens with zero attached hydrogens (tertiary/aromatic N) is 2. The smallest absolute Gasteiger partial charge is 0.309 e. The molecule has 0 atom stereocenters. The van der Waals surface area contributed by atoms with E-state index in [-0.39, 0.29) is 5.41 Å². The fourth-order valence-electron chi connectivity index (χ4n) is 2.91. The predicted octanol–water partition coefficient (Wildman–Crippen LogP) is 4.00. The van der Waals surface area contributed by atoms with Crippen molar-refractivity contribution in [2.75, 3.05) is 32.5 Å². The van der Waals surface area contributed by atoms with Gasteiger partial charge in [-0.1, -0.05) is 26.8 Å². The van der Waals surface area contributed by atoms with E-state index in [4.69, 9.17) is 14.0 Å². The third-order valence-corrected chi connectivity index (χ3v) is 6.29. The fourth-order valence-corrected chi connectivity index (χ4v) is 4.55. The summed E-state index contributed by atoms with van der Waals surface area (Å²) >= 11 is 0. The van der Waals surface area contributed by atoms with Crippen molar-refractivity contribution in [2.45, 2.75) is 53.0 Å². The van der Waals surface area contributed by atoms with E-state index in [0.717, 1.165) is 31.7 Å². The number of hydrogen-bond donors (Lipinski definition) is 0. The van der Waals surface area contributed by atoms with Gasteiger partial charge in [-0.3, -0.25) is 14.4 Å². The van der Waals surface area contributed by atoms with Gasteiger partial charge in [-0.15, -0.1) is 0 Å². The van der Waals surface area contributed by atoms with Crippen LogP contribution in [0.4, 0.5) is 0 Å². The van der Waals surface area contributed by atoms with Gasteiger partial charge in [0.25, 0.3) is 0 Å². The molecule has 136 valence electrons. The number of fused-ring (bicyclic) bond motifs is 1. The Balaban J connectivity index is 1.99. The van der Waals surface area contributed by atoms with Gasteiger partial charge < -0.3 is 9.05 Å². The molecule has 0 unspecified atom stereocenters. The lowest BCUT2D eigenvalue weighted by atomic mass is 9.90. The van der Waals surface area contributed by atoms with Gasteiger partial charge in [-0.25, -0.2) is 0 Å². The third kappa shape index (κ3) is 5.13. The summed E-state index contributed by atoms with van der Waals surface area (Å²) in [5, 5.41) is 0. The van der Waals surface area contributed by atoms with Crippen LogP contribution in [0.25, 0.3) is 0 Å². The Labute approximate surface area is 146 Å². The Morgan fingerprint density at radius 3 is 2.46 bits per heavy atom. The highest BCUT2D eigenvalue weighted by Gasteiger charge is 2.26. The molecule has 0 amide bonds. The number of rotatable bonds is 7. The zero-order valence-electron chi connectivity index (χ0n) is 15.7. The number of hydrogen-bond acceptors (Lipinski definition) is 5. The number of aromatic nitrogens is 1. The highest BCUT2D eigenvalue weighted by Crippen LogP contribution is 2.47. The van der Waals surface area contributed by atoms with E-state index in [0.29, 0.717) is 19.4 Å². The second-order valence-electron chi connectivity index (χ2n) is 7.25. The SMILES string of the molecule is CCOP(=O)(CCN1CCc2nc(C(C)(C)C)ccc2C1)OCC. The first-order chi connectivity index (χ1) is 11.3. The maximum atomic E-state index is 12.6. The summed E-state index contributed by atoms with van der Waals surface area (Å²) in [7, 11) is -2.96. The van der Waals surface area contributed by atoms with Crippen LogP contribution in [0.5, 0.6) is 0 Å². The van der Waals surface area contributed by atoms with Gasteiger partial charge in [0, 0.05) is 42.9 Å². The Morgan fingerprint density at radius 1 is 1.21 bits per heavy atom. The summed E-state index contributed by atoms with van der Waals surface area (Å²) < 4.78 is 23.3. The molecule has 0 radical (unpaired) electrons. The minimum Gasteiger partial charge on any atom is -0.309 e. The Hall–Kier alpha value is -0.740. The van der Waals surface area contributed by atoms with E-state index in [1.165, 1.54) is 11.3 Å². The normalized spacial score (nSPS) is 16.2. The largest absolute Gasteiger partial charge is 0.331 e. The van der Waals surface area contributed by atoms with Gasteiger partial charge in [0.1, 0.15) is 0 Å². The van der Waals surface area contributed by atoms with Gasteiger partial charge in [0.15, 0.2) is 0 Å². The van der Waals surface area contributed by atoms with Crippen molar-refractivity contribution in [3.05, 3.63) is 29.1 Å². The van der Waals surface area contributed by atoms with Crippen LogP contribution in [0.1, 0.15) is 51.6 Å². The Bertz CT molecular complexity index is 588. The lowest BCUT2D eigenvalue weighted by Crippen LogP contribution is -2.34. The molecule has 2 rings (SSSR count). The highest BCUT2D eigenvalue weighted by atomic mass is 31.2. The average Bonchev–Trinajstić information content (AvgIpc) is 2.52. The lowest BCUT2D eigenvalue weighted by Gasteiger charge is -2.30. The first kappa shape index (κ1) is 19.6. The summed E-state index contributed by atoms with van der Waals surface area (Å²) in [6.45, 7) is 13.6. The standard InChI is InChI=1S/C18H31N2O3P/c1-6-22-24(21,23-7-2)13-12-20-11-10-16-15(14-20)8-9-17(19-16)18(3,4)5/h8-9H,6-7,10-14H2,1-5H3. The average molecular weight is 354 g/mol. The fraction of sp³-hybridized carbons (Fsp3) is 0.722.